The first kappa shape index (κ1) is 16.6. The second-order valence-corrected chi connectivity index (χ2v) is 6.04. The fourth-order valence-electron chi connectivity index (χ4n) is 2.14. The lowest BCUT2D eigenvalue weighted by molar-refractivity contribution is -0.152. The lowest BCUT2D eigenvalue weighted by atomic mass is 10.3. The van der Waals surface area contributed by atoms with Crippen LogP contribution in [0.25, 0.3) is 5.65 Å². The summed E-state index contributed by atoms with van der Waals surface area (Å²) in [5.74, 6) is 0.0272. The number of aromatic nitrogens is 2. The maximum atomic E-state index is 12.0. The molecule has 2 heterocycles. The van der Waals surface area contributed by atoms with Gasteiger partial charge in [-0.15, -0.1) is 0 Å². The SMILES string of the molecule is CC(Oc1cccc(Cl)c1)C(=O)OCc1cn2cc(Cl)ccc2n1. The Kier molecular flexibility index (Phi) is 4.92. The van der Waals surface area contributed by atoms with Gasteiger partial charge in [0.25, 0.3) is 0 Å². The Morgan fingerprint density at radius 1 is 1.21 bits per heavy atom. The van der Waals surface area contributed by atoms with Gasteiger partial charge in [-0.3, -0.25) is 0 Å². The van der Waals surface area contributed by atoms with Crippen LogP contribution in [0.15, 0.2) is 48.8 Å². The zero-order valence-corrected chi connectivity index (χ0v) is 14.3. The summed E-state index contributed by atoms with van der Waals surface area (Å²) in [7, 11) is 0. The topological polar surface area (TPSA) is 52.8 Å². The van der Waals surface area contributed by atoms with Gasteiger partial charge in [-0.2, -0.15) is 0 Å². The summed E-state index contributed by atoms with van der Waals surface area (Å²) >= 11 is 11.8. The van der Waals surface area contributed by atoms with E-state index in [4.69, 9.17) is 32.7 Å². The van der Waals surface area contributed by atoms with Crippen molar-refractivity contribution in [2.75, 3.05) is 0 Å². The van der Waals surface area contributed by atoms with Gasteiger partial charge < -0.3 is 13.9 Å². The number of fused-ring (bicyclic) bond motifs is 1. The van der Waals surface area contributed by atoms with Crippen molar-refractivity contribution in [2.24, 2.45) is 0 Å². The highest BCUT2D eigenvalue weighted by Gasteiger charge is 2.17. The third-order valence-electron chi connectivity index (χ3n) is 3.27. The van der Waals surface area contributed by atoms with E-state index in [1.165, 1.54) is 0 Å². The highest BCUT2D eigenvalue weighted by molar-refractivity contribution is 6.30. The maximum Gasteiger partial charge on any atom is 0.347 e. The molecule has 1 atom stereocenters. The quantitative estimate of drug-likeness (QED) is 0.638. The number of benzene rings is 1. The lowest BCUT2D eigenvalue weighted by Crippen LogP contribution is -2.26. The fraction of sp³-hybridized carbons (Fsp3) is 0.176. The summed E-state index contributed by atoms with van der Waals surface area (Å²) in [4.78, 5) is 16.4. The minimum Gasteiger partial charge on any atom is -0.479 e. The number of imidazole rings is 1. The van der Waals surface area contributed by atoms with E-state index in [0.717, 1.165) is 5.65 Å². The molecule has 1 unspecified atom stereocenters. The molecule has 2 aromatic heterocycles. The molecule has 5 nitrogen and oxygen atoms in total. The number of halogens is 2. The molecule has 0 N–H and O–H groups in total. The first-order chi connectivity index (χ1) is 11.5. The van der Waals surface area contributed by atoms with Crippen LogP contribution in [0.1, 0.15) is 12.6 Å². The summed E-state index contributed by atoms with van der Waals surface area (Å²) < 4.78 is 12.5. The van der Waals surface area contributed by atoms with E-state index in [2.05, 4.69) is 4.98 Å². The fourth-order valence-corrected chi connectivity index (χ4v) is 2.49. The van der Waals surface area contributed by atoms with Crippen LogP contribution in [0.2, 0.25) is 10.0 Å². The predicted molar refractivity (Wildman–Crippen MR) is 91.5 cm³/mol. The monoisotopic (exact) mass is 364 g/mol. The minimum absolute atomic E-state index is 0.0569. The molecule has 1 aromatic carbocycles. The molecule has 0 saturated heterocycles. The first-order valence-electron chi connectivity index (χ1n) is 7.23. The highest BCUT2D eigenvalue weighted by Crippen LogP contribution is 2.19. The molecule has 0 aliphatic heterocycles. The molecule has 7 heteroatoms. The number of pyridine rings is 1. The number of carbonyl (C=O) groups excluding carboxylic acids is 1. The second kappa shape index (κ2) is 7.11. The van der Waals surface area contributed by atoms with Crippen molar-refractivity contribution < 1.29 is 14.3 Å². The van der Waals surface area contributed by atoms with Crippen LogP contribution in [-0.2, 0) is 16.1 Å². The van der Waals surface area contributed by atoms with Crippen LogP contribution in [0.5, 0.6) is 5.75 Å². The normalized spacial score (nSPS) is 12.1. The van der Waals surface area contributed by atoms with Crippen LogP contribution in [0.4, 0.5) is 0 Å². The van der Waals surface area contributed by atoms with Crippen molar-refractivity contribution in [1.82, 2.24) is 9.38 Å². The number of rotatable bonds is 5. The number of esters is 1. The second-order valence-electron chi connectivity index (χ2n) is 5.17. The van der Waals surface area contributed by atoms with Gasteiger partial charge in [0, 0.05) is 17.4 Å². The van der Waals surface area contributed by atoms with Crippen molar-refractivity contribution in [3.05, 3.63) is 64.5 Å². The number of hydrogen-bond acceptors (Lipinski definition) is 4. The average Bonchev–Trinajstić information content (AvgIpc) is 2.94. The third-order valence-corrected chi connectivity index (χ3v) is 3.73. The van der Waals surface area contributed by atoms with Crippen molar-refractivity contribution in [1.29, 1.82) is 0 Å². The zero-order valence-electron chi connectivity index (χ0n) is 12.8. The summed E-state index contributed by atoms with van der Waals surface area (Å²) in [5.41, 5.74) is 1.36. The van der Waals surface area contributed by atoms with Crippen molar-refractivity contribution >= 4 is 34.8 Å². The minimum atomic E-state index is -0.755. The number of ether oxygens (including phenoxy) is 2. The molecule has 0 aliphatic carbocycles. The van der Waals surface area contributed by atoms with E-state index in [1.54, 1.807) is 60.1 Å². The number of carbonyl (C=O) groups is 1. The molecule has 124 valence electrons. The standard InChI is InChI=1S/C17H14Cl2N2O3/c1-11(24-15-4-2-3-12(18)7-15)17(22)23-10-14-9-21-8-13(19)5-6-16(21)20-14/h2-9,11H,10H2,1H3. The Hall–Kier alpha value is -2.24. The molecule has 0 bridgehead atoms. The average molecular weight is 365 g/mol. The van der Waals surface area contributed by atoms with Crippen LogP contribution in [0.3, 0.4) is 0 Å². The largest absolute Gasteiger partial charge is 0.479 e. The Bertz CT molecular complexity index is 879. The van der Waals surface area contributed by atoms with E-state index in [1.807, 2.05) is 0 Å². The first-order valence-corrected chi connectivity index (χ1v) is 7.99. The maximum absolute atomic E-state index is 12.0. The van der Waals surface area contributed by atoms with Crippen molar-refractivity contribution in [3.63, 3.8) is 0 Å². The Morgan fingerprint density at radius 2 is 2.04 bits per heavy atom. The van der Waals surface area contributed by atoms with E-state index < -0.39 is 12.1 Å². The van der Waals surface area contributed by atoms with Gasteiger partial charge in [0.05, 0.1) is 10.7 Å². The highest BCUT2D eigenvalue weighted by atomic mass is 35.5. The molecule has 3 aromatic rings. The molecular weight excluding hydrogens is 351 g/mol. The Morgan fingerprint density at radius 3 is 2.83 bits per heavy atom. The molecular formula is C17H14Cl2N2O3. The molecule has 24 heavy (non-hydrogen) atoms. The van der Waals surface area contributed by atoms with Crippen LogP contribution in [-0.4, -0.2) is 21.5 Å². The van der Waals surface area contributed by atoms with Gasteiger partial charge in [0.15, 0.2) is 6.10 Å². The molecule has 0 radical (unpaired) electrons. The van der Waals surface area contributed by atoms with Gasteiger partial charge in [-0.05, 0) is 37.3 Å². The Balaban J connectivity index is 1.59. The molecule has 0 spiro atoms. The predicted octanol–water partition coefficient (Wildman–Crippen LogP) is 4.15. The zero-order chi connectivity index (χ0) is 17.1. The van der Waals surface area contributed by atoms with Crippen molar-refractivity contribution in [2.45, 2.75) is 19.6 Å². The summed E-state index contributed by atoms with van der Waals surface area (Å²) in [6.45, 7) is 1.67. The van der Waals surface area contributed by atoms with E-state index in [9.17, 15) is 4.79 Å². The van der Waals surface area contributed by atoms with E-state index >= 15 is 0 Å². The van der Waals surface area contributed by atoms with E-state index in [-0.39, 0.29) is 6.61 Å². The molecule has 0 amide bonds. The Labute approximate surface area is 148 Å². The van der Waals surface area contributed by atoms with Gasteiger partial charge in [-0.25, -0.2) is 9.78 Å². The van der Waals surface area contributed by atoms with Crippen LogP contribution in [0, 0.1) is 0 Å². The van der Waals surface area contributed by atoms with E-state index in [0.29, 0.717) is 21.5 Å². The summed E-state index contributed by atoms with van der Waals surface area (Å²) in [6, 6.07) is 10.4. The van der Waals surface area contributed by atoms with Gasteiger partial charge in [0.2, 0.25) is 0 Å². The molecule has 3 rings (SSSR count). The lowest BCUT2D eigenvalue weighted by Gasteiger charge is -2.13. The number of hydrogen-bond donors (Lipinski definition) is 0. The molecule has 0 aliphatic rings. The van der Waals surface area contributed by atoms with Gasteiger partial charge in [0.1, 0.15) is 18.0 Å². The third kappa shape index (κ3) is 3.99. The van der Waals surface area contributed by atoms with Gasteiger partial charge >= 0.3 is 5.97 Å². The number of nitrogens with zero attached hydrogens (tertiary/aromatic N) is 2. The molecule has 0 fully saturated rings. The smallest absolute Gasteiger partial charge is 0.347 e. The van der Waals surface area contributed by atoms with Crippen LogP contribution >= 0.6 is 23.2 Å². The van der Waals surface area contributed by atoms with Crippen LogP contribution < -0.4 is 4.74 Å². The van der Waals surface area contributed by atoms with Gasteiger partial charge in [-0.1, -0.05) is 29.3 Å². The summed E-state index contributed by atoms with van der Waals surface area (Å²) in [6.07, 6.45) is 2.74. The molecule has 0 saturated carbocycles. The van der Waals surface area contributed by atoms with Crippen molar-refractivity contribution in [3.8, 4) is 5.75 Å². The summed E-state index contributed by atoms with van der Waals surface area (Å²) in [5, 5.41) is 1.14.